The Morgan fingerprint density at radius 1 is 1.19 bits per heavy atom. The maximum atomic E-state index is 5.93. The Bertz CT molecular complexity index is 722. The number of imidazole rings is 1. The molecule has 1 saturated carbocycles. The minimum absolute atomic E-state index is 0.345. The molecule has 3 aromatic rings. The lowest BCUT2D eigenvalue weighted by molar-refractivity contribution is 0.207. The van der Waals surface area contributed by atoms with Crippen molar-refractivity contribution in [1.82, 2.24) is 14.6 Å². The molecule has 21 heavy (non-hydrogen) atoms. The fraction of sp³-hybridized carbons (Fsp3) is 0.375. The average Bonchev–Trinajstić information content (AvgIpc) is 3.16. The minimum atomic E-state index is 0.345. The number of hydrogen-bond acceptors (Lipinski definition) is 4. The van der Waals surface area contributed by atoms with Crippen LogP contribution in [0.5, 0.6) is 5.19 Å². The number of benzene rings is 1. The Balaban J connectivity index is 1.59. The van der Waals surface area contributed by atoms with Crippen LogP contribution in [0.25, 0.3) is 16.2 Å². The maximum absolute atomic E-state index is 5.93. The van der Waals surface area contributed by atoms with Crippen LogP contribution in [0.15, 0.2) is 30.5 Å². The fourth-order valence-corrected chi connectivity index (χ4v) is 3.54. The summed E-state index contributed by atoms with van der Waals surface area (Å²) in [7, 11) is 0. The molecule has 0 spiro atoms. The lowest BCUT2D eigenvalue weighted by Gasteiger charge is -2.08. The summed E-state index contributed by atoms with van der Waals surface area (Å²) in [6, 6.07) is 8.39. The van der Waals surface area contributed by atoms with Crippen molar-refractivity contribution in [3.05, 3.63) is 36.0 Å². The fourth-order valence-electron chi connectivity index (χ4n) is 2.74. The van der Waals surface area contributed by atoms with Crippen LogP contribution in [0.4, 0.5) is 0 Å². The predicted octanol–water partition coefficient (Wildman–Crippen LogP) is 4.09. The summed E-state index contributed by atoms with van der Waals surface area (Å²) < 4.78 is 7.75. The van der Waals surface area contributed by atoms with Crippen LogP contribution < -0.4 is 4.74 Å². The molecule has 2 heterocycles. The molecule has 1 aromatic carbocycles. The van der Waals surface area contributed by atoms with Crippen LogP contribution in [0.2, 0.25) is 0 Å². The molecule has 1 fully saturated rings. The van der Waals surface area contributed by atoms with E-state index in [1.165, 1.54) is 29.7 Å². The van der Waals surface area contributed by atoms with E-state index in [1.807, 2.05) is 10.7 Å². The van der Waals surface area contributed by atoms with Gasteiger partial charge in [0.1, 0.15) is 6.10 Å². The molecule has 0 atom stereocenters. The van der Waals surface area contributed by atoms with Gasteiger partial charge >= 0.3 is 0 Å². The Morgan fingerprint density at radius 3 is 2.67 bits per heavy atom. The number of aromatic nitrogens is 3. The van der Waals surface area contributed by atoms with Gasteiger partial charge in [0.25, 0.3) is 5.19 Å². The van der Waals surface area contributed by atoms with Gasteiger partial charge in [-0.25, -0.2) is 9.50 Å². The van der Waals surface area contributed by atoms with Gasteiger partial charge in [-0.05, 0) is 43.9 Å². The SMILES string of the molecule is Cc1ccc(-c2cn3nc(OC4CCCC4)sc3n2)cc1. The Labute approximate surface area is 127 Å². The zero-order valence-corrected chi connectivity index (χ0v) is 12.8. The number of nitrogens with zero attached hydrogens (tertiary/aromatic N) is 3. The van der Waals surface area contributed by atoms with Gasteiger partial charge in [-0.15, -0.1) is 5.10 Å². The second-order valence-electron chi connectivity index (χ2n) is 5.61. The number of ether oxygens (including phenoxy) is 1. The third-order valence-corrected chi connectivity index (χ3v) is 4.76. The van der Waals surface area contributed by atoms with Crippen LogP contribution in [0.1, 0.15) is 31.2 Å². The smallest absolute Gasteiger partial charge is 0.294 e. The highest BCUT2D eigenvalue weighted by Crippen LogP contribution is 2.29. The third kappa shape index (κ3) is 2.53. The topological polar surface area (TPSA) is 39.4 Å². The predicted molar refractivity (Wildman–Crippen MR) is 83.9 cm³/mol. The summed E-state index contributed by atoms with van der Waals surface area (Å²) in [5.74, 6) is 0. The van der Waals surface area contributed by atoms with E-state index in [1.54, 1.807) is 0 Å². The summed E-state index contributed by atoms with van der Waals surface area (Å²) in [6.45, 7) is 2.09. The summed E-state index contributed by atoms with van der Waals surface area (Å²) in [4.78, 5) is 5.53. The van der Waals surface area contributed by atoms with Gasteiger partial charge in [0.05, 0.1) is 11.9 Å². The molecule has 108 valence electrons. The lowest BCUT2D eigenvalue weighted by Crippen LogP contribution is -2.10. The summed E-state index contributed by atoms with van der Waals surface area (Å²) in [6.07, 6.45) is 7.15. The highest BCUT2D eigenvalue weighted by Gasteiger charge is 2.19. The van der Waals surface area contributed by atoms with E-state index < -0.39 is 0 Å². The van der Waals surface area contributed by atoms with Crippen LogP contribution in [-0.4, -0.2) is 20.7 Å². The van der Waals surface area contributed by atoms with E-state index in [4.69, 9.17) is 4.74 Å². The van der Waals surface area contributed by atoms with Gasteiger partial charge in [0.2, 0.25) is 4.96 Å². The van der Waals surface area contributed by atoms with E-state index in [9.17, 15) is 0 Å². The van der Waals surface area contributed by atoms with Crippen molar-refractivity contribution in [1.29, 1.82) is 0 Å². The van der Waals surface area contributed by atoms with E-state index in [2.05, 4.69) is 41.3 Å². The van der Waals surface area contributed by atoms with Crippen LogP contribution in [0.3, 0.4) is 0 Å². The van der Waals surface area contributed by atoms with Gasteiger partial charge in [-0.3, -0.25) is 0 Å². The second-order valence-corrected chi connectivity index (χ2v) is 6.53. The Morgan fingerprint density at radius 2 is 1.95 bits per heavy atom. The first-order valence-electron chi connectivity index (χ1n) is 7.38. The monoisotopic (exact) mass is 299 g/mol. The maximum Gasteiger partial charge on any atom is 0.294 e. The third-order valence-electron chi connectivity index (χ3n) is 3.94. The summed E-state index contributed by atoms with van der Waals surface area (Å²) >= 11 is 1.52. The largest absolute Gasteiger partial charge is 0.466 e. The first-order valence-corrected chi connectivity index (χ1v) is 8.19. The minimum Gasteiger partial charge on any atom is -0.466 e. The van der Waals surface area contributed by atoms with E-state index in [0.717, 1.165) is 34.3 Å². The van der Waals surface area contributed by atoms with E-state index in [0.29, 0.717) is 6.10 Å². The van der Waals surface area contributed by atoms with Crippen molar-refractivity contribution in [3.8, 4) is 16.5 Å². The van der Waals surface area contributed by atoms with Crippen molar-refractivity contribution in [2.75, 3.05) is 0 Å². The molecule has 0 saturated heterocycles. The summed E-state index contributed by atoms with van der Waals surface area (Å²) in [5.41, 5.74) is 3.34. The number of aryl methyl sites for hydroxylation is 1. The van der Waals surface area contributed by atoms with Crippen molar-refractivity contribution in [3.63, 3.8) is 0 Å². The van der Waals surface area contributed by atoms with Crippen molar-refractivity contribution < 1.29 is 4.74 Å². The highest BCUT2D eigenvalue weighted by molar-refractivity contribution is 7.18. The normalized spacial score (nSPS) is 15.9. The van der Waals surface area contributed by atoms with Crippen LogP contribution >= 0.6 is 11.3 Å². The molecular weight excluding hydrogens is 282 g/mol. The Kier molecular flexibility index (Phi) is 3.15. The number of fused-ring (bicyclic) bond motifs is 1. The lowest BCUT2D eigenvalue weighted by atomic mass is 10.1. The molecule has 1 aliphatic rings. The van der Waals surface area contributed by atoms with Gasteiger partial charge in [-0.2, -0.15) is 0 Å². The molecule has 0 unspecified atom stereocenters. The molecule has 4 rings (SSSR count). The van der Waals surface area contributed by atoms with E-state index >= 15 is 0 Å². The van der Waals surface area contributed by atoms with Crippen molar-refractivity contribution >= 4 is 16.3 Å². The first-order chi connectivity index (χ1) is 10.3. The Hall–Kier alpha value is -1.88. The zero-order chi connectivity index (χ0) is 14.2. The van der Waals surface area contributed by atoms with Crippen molar-refractivity contribution in [2.45, 2.75) is 38.7 Å². The van der Waals surface area contributed by atoms with Gasteiger partial charge in [0, 0.05) is 5.56 Å². The van der Waals surface area contributed by atoms with Crippen LogP contribution in [0, 0.1) is 6.92 Å². The van der Waals surface area contributed by atoms with E-state index in [-0.39, 0.29) is 0 Å². The molecular formula is C16H17N3OS. The molecule has 1 aliphatic carbocycles. The molecule has 4 nitrogen and oxygen atoms in total. The quantitative estimate of drug-likeness (QED) is 0.731. The van der Waals surface area contributed by atoms with Gasteiger partial charge in [0.15, 0.2) is 0 Å². The first kappa shape index (κ1) is 12.8. The molecule has 0 radical (unpaired) electrons. The molecule has 0 N–H and O–H groups in total. The molecule has 0 aliphatic heterocycles. The average molecular weight is 299 g/mol. The summed E-state index contributed by atoms with van der Waals surface area (Å²) in [5, 5.41) is 5.23. The molecule has 5 heteroatoms. The standard InChI is InChI=1S/C16H17N3OS/c1-11-6-8-12(9-7-11)14-10-19-15(17-14)21-16(18-19)20-13-4-2-3-5-13/h6-10,13H,2-5H2,1H3. The second kappa shape index (κ2) is 5.15. The number of hydrogen-bond donors (Lipinski definition) is 0. The van der Waals surface area contributed by atoms with Crippen LogP contribution in [-0.2, 0) is 0 Å². The van der Waals surface area contributed by atoms with Gasteiger partial charge < -0.3 is 4.74 Å². The highest BCUT2D eigenvalue weighted by atomic mass is 32.1. The van der Waals surface area contributed by atoms with Crippen molar-refractivity contribution in [2.24, 2.45) is 0 Å². The number of rotatable bonds is 3. The molecule has 0 amide bonds. The zero-order valence-electron chi connectivity index (χ0n) is 12.0. The molecule has 2 aromatic heterocycles. The molecule has 0 bridgehead atoms. The van der Waals surface area contributed by atoms with Gasteiger partial charge in [-0.1, -0.05) is 29.8 Å².